The predicted molar refractivity (Wildman–Crippen MR) is 112 cm³/mol. The topological polar surface area (TPSA) is 68.6 Å². The molecule has 9 heteroatoms. The summed E-state index contributed by atoms with van der Waals surface area (Å²) in [5.74, 6) is 0.544. The second kappa shape index (κ2) is 10.2. The maximum absolute atomic E-state index is 12.9. The molecule has 0 aliphatic heterocycles. The predicted octanol–water partition coefficient (Wildman–Crippen LogP) is 5.06. The Kier molecular flexibility index (Phi) is 7.70. The van der Waals surface area contributed by atoms with E-state index in [4.69, 9.17) is 23.2 Å². The van der Waals surface area contributed by atoms with Gasteiger partial charge in [0.15, 0.2) is 11.6 Å². The van der Waals surface area contributed by atoms with Crippen LogP contribution < -0.4 is 0 Å². The zero-order valence-corrected chi connectivity index (χ0v) is 17.4. The first-order valence-electron chi connectivity index (χ1n) is 8.18. The lowest BCUT2D eigenvalue weighted by atomic mass is 9.88. The first-order valence-corrected chi connectivity index (χ1v) is 11.2. The smallest absolute Gasteiger partial charge is 0.185 e. The lowest BCUT2D eigenvalue weighted by Crippen LogP contribution is -2.12. The first-order chi connectivity index (χ1) is 13.2. The Hall–Kier alpha value is -1.41. The van der Waals surface area contributed by atoms with Crippen molar-refractivity contribution in [2.24, 2.45) is 0 Å². The van der Waals surface area contributed by atoms with Gasteiger partial charge in [-0.25, -0.2) is 19.9 Å². The van der Waals surface area contributed by atoms with Crippen molar-refractivity contribution in [1.29, 1.82) is 0 Å². The fourth-order valence-electron chi connectivity index (χ4n) is 2.64. The van der Waals surface area contributed by atoms with Crippen molar-refractivity contribution in [1.82, 2.24) is 19.9 Å². The molecule has 1 aliphatic rings. The number of thioether (sulfide) groups is 2. The molecule has 1 fully saturated rings. The quantitative estimate of drug-likeness (QED) is 0.270. The summed E-state index contributed by atoms with van der Waals surface area (Å²) in [6, 6.07) is 3.63. The third kappa shape index (κ3) is 5.78. The summed E-state index contributed by atoms with van der Waals surface area (Å²) in [6.45, 7) is 0. The second-order valence-corrected chi connectivity index (χ2v) is 8.72. The van der Waals surface area contributed by atoms with Crippen molar-refractivity contribution in [3.8, 4) is 0 Å². The van der Waals surface area contributed by atoms with Crippen molar-refractivity contribution in [2.45, 2.75) is 29.3 Å². The summed E-state index contributed by atoms with van der Waals surface area (Å²) < 4.78 is 0. The highest BCUT2D eigenvalue weighted by atomic mass is 35.5. The Morgan fingerprint density at radius 3 is 2.52 bits per heavy atom. The van der Waals surface area contributed by atoms with Gasteiger partial charge in [-0.3, -0.25) is 4.79 Å². The van der Waals surface area contributed by atoms with Gasteiger partial charge in [0.05, 0.1) is 16.1 Å². The fraction of sp³-hybridized carbons (Fsp3) is 0.278. The van der Waals surface area contributed by atoms with Gasteiger partial charge in [0, 0.05) is 17.3 Å². The van der Waals surface area contributed by atoms with E-state index in [2.05, 4.69) is 19.9 Å². The Balaban J connectivity index is 1.83. The number of Topliss-reactive ketones (excluding diaryl/α,β-unsaturated/α-hetero) is 1. The summed E-state index contributed by atoms with van der Waals surface area (Å²) in [5.41, 5.74) is 2.16. The molecular formula is C18H16Cl2N4OS2. The van der Waals surface area contributed by atoms with Crippen LogP contribution in [-0.4, -0.2) is 36.1 Å². The van der Waals surface area contributed by atoms with Gasteiger partial charge in [0.1, 0.15) is 16.4 Å². The molecule has 140 valence electrons. The molecule has 1 saturated carbocycles. The first kappa shape index (κ1) is 20.3. The van der Waals surface area contributed by atoms with Crippen molar-refractivity contribution in [3.05, 3.63) is 47.3 Å². The maximum Gasteiger partial charge on any atom is 0.185 e. The number of aromatic nitrogens is 4. The van der Waals surface area contributed by atoms with Crippen LogP contribution in [-0.2, 0) is 4.79 Å². The molecular weight excluding hydrogens is 423 g/mol. The number of alkyl halides is 2. The van der Waals surface area contributed by atoms with Gasteiger partial charge in [0.25, 0.3) is 0 Å². The van der Waals surface area contributed by atoms with Crippen LogP contribution in [0.25, 0.3) is 12.2 Å². The molecule has 0 radical (unpaired) electrons. The molecule has 5 nitrogen and oxygen atoms in total. The van der Waals surface area contributed by atoms with Crippen molar-refractivity contribution in [3.63, 3.8) is 0 Å². The molecule has 2 heterocycles. The highest BCUT2D eigenvalue weighted by molar-refractivity contribution is 8.00. The van der Waals surface area contributed by atoms with E-state index < -0.39 is 0 Å². The monoisotopic (exact) mass is 438 g/mol. The number of carbonyl (C=O) groups is 1. The molecule has 1 aliphatic carbocycles. The average molecular weight is 439 g/mol. The minimum absolute atomic E-state index is 0.0189. The highest BCUT2D eigenvalue weighted by Gasteiger charge is 2.21. The Labute approximate surface area is 176 Å². The number of halogens is 2. The van der Waals surface area contributed by atoms with E-state index >= 15 is 0 Å². The maximum atomic E-state index is 12.9. The van der Waals surface area contributed by atoms with Gasteiger partial charge < -0.3 is 0 Å². The standard InChI is InChI=1S/C18H16Cl2N4OS2/c19-9-26-16-4-5-21-15(24-16)7-13-3-1-2-12(18(13)25)6-14-8-17(27-10-20)23-11-22-14/h4-8,11H,1-3,9-10H2/b12-6+,13-7+. The van der Waals surface area contributed by atoms with Gasteiger partial charge in [-0.1, -0.05) is 23.5 Å². The number of ketones is 1. The number of rotatable bonds is 6. The van der Waals surface area contributed by atoms with E-state index in [0.717, 1.165) is 28.5 Å². The molecule has 0 bridgehead atoms. The van der Waals surface area contributed by atoms with E-state index in [1.165, 1.54) is 29.9 Å². The molecule has 0 unspecified atom stereocenters. The minimum Gasteiger partial charge on any atom is -0.289 e. The average Bonchev–Trinajstić information content (AvgIpc) is 2.66. The van der Waals surface area contributed by atoms with Crippen molar-refractivity contribution >= 4 is 64.7 Å². The molecule has 0 amide bonds. The Bertz CT molecular complexity index is 820. The van der Waals surface area contributed by atoms with Crippen LogP contribution in [0.2, 0.25) is 0 Å². The molecule has 0 aromatic carbocycles. The zero-order chi connectivity index (χ0) is 19.1. The van der Waals surface area contributed by atoms with E-state index in [0.29, 0.717) is 33.9 Å². The number of allylic oxidation sites excluding steroid dienone is 2. The summed E-state index contributed by atoms with van der Waals surface area (Å²) in [5, 5.41) is 2.41. The number of hydrogen-bond donors (Lipinski definition) is 0. The van der Waals surface area contributed by atoms with Crippen molar-refractivity contribution < 1.29 is 4.79 Å². The van der Waals surface area contributed by atoms with Gasteiger partial charge >= 0.3 is 0 Å². The number of carbonyl (C=O) groups excluding carboxylic acids is 1. The van der Waals surface area contributed by atoms with Gasteiger partial charge in [-0.2, -0.15) is 0 Å². The zero-order valence-electron chi connectivity index (χ0n) is 14.3. The fourth-order valence-corrected chi connectivity index (χ4v) is 4.18. The van der Waals surface area contributed by atoms with Gasteiger partial charge in [-0.05, 0) is 43.5 Å². The van der Waals surface area contributed by atoms with Crippen LogP contribution in [0.3, 0.4) is 0 Å². The number of hydrogen-bond acceptors (Lipinski definition) is 7. The normalized spacial score (nSPS) is 17.6. The van der Waals surface area contributed by atoms with Crippen LogP contribution in [0.4, 0.5) is 0 Å². The summed E-state index contributed by atoms with van der Waals surface area (Å²) in [4.78, 5) is 29.9. The van der Waals surface area contributed by atoms with Crippen LogP contribution in [0.5, 0.6) is 0 Å². The summed E-state index contributed by atoms with van der Waals surface area (Å²) >= 11 is 14.3. The van der Waals surface area contributed by atoms with E-state index in [9.17, 15) is 4.79 Å². The molecule has 27 heavy (non-hydrogen) atoms. The molecule has 0 atom stereocenters. The molecule has 2 aromatic heterocycles. The minimum atomic E-state index is 0.0189. The molecule has 0 spiro atoms. The third-order valence-electron chi connectivity index (χ3n) is 3.82. The lowest BCUT2D eigenvalue weighted by molar-refractivity contribution is -0.112. The molecule has 3 rings (SSSR count). The van der Waals surface area contributed by atoms with E-state index in [-0.39, 0.29) is 5.78 Å². The largest absolute Gasteiger partial charge is 0.289 e. The lowest BCUT2D eigenvalue weighted by Gasteiger charge is -2.16. The molecule has 0 saturated heterocycles. The summed E-state index contributed by atoms with van der Waals surface area (Å²) in [7, 11) is 0. The summed E-state index contributed by atoms with van der Waals surface area (Å²) in [6.07, 6.45) is 9.09. The number of nitrogens with zero attached hydrogens (tertiary/aromatic N) is 4. The van der Waals surface area contributed by atoms with Crippen LogP contribution in [0.1, 0.15) is 30.8 Å². The van der Waals surface area contributed by atoms with Crippen LogP contribution in [0.15, 0.2) is 45.9 Å². The van der Waals surface area contributed by atoms with Crippen LogP contribution >= 0.6 is 46.7 Å². The van der Waals surface area contributed by atoms with Crippen LogP contribution in [0, 0.1) is 0 Å². The Morgan fingerprint density at radius 2 is 1.74 bits per heavy atom. The highest BCUT2D eigenvalue weighted by Crippen LogP contribution is 2.28. The SMILES string of the molecule is O=C1/C(=C/c2cc(SCCl)ncn2)CCC/C1=C\c1nccc(SCCl)n1. The van der Waals surface area contributed by atoms with E-state index in [1.807, 2.05) is 12.1 Å². The van der Waals surface area contributed by atoms with Crippen molar-refractivity contribution in [2.75, 3.05) is 10.4 Å². The Morgan fingerprint density at radius 1 is 1.00 bits per heavy atom. The molecule has 0 N–H and O–H groups in total. The third-order valence-corrected chi connectivity index (χ3v) is 5.73. The second-order valence-electron chi connectivity index (χ2n) is 5.56. The van der Waals surface area contributed by atoms with Gasteiger partial charge in [0.2, 0.25) is 0 Å². The van der Waals surface area contributed by atoms with Gasteiger partial charge in [-0.15, -0.1) is 23.2 Å². The van der Waals surface area contributed by atoms with E-state index in [1.54, 1.807) is 18.3 Å². The molecule has 2 aromatic rings.